The van der Waals surface area contributed by atoms with Gasteiger partial charge in [-0.25, -0.2) is 0 Å². The zero-order chi connectivity index (χ0) is 23.0. The molecule has 2 aromatic carbocycles. The first kappa shape index (κ1) is 22.8. The Morgan fingerprint density at radius 2 is 1.55 bits per heavy atom. The molecule has 0 amide bonds. The lowest BCUT2D eigenvalue weighted by molar-refractivity contribution is -0.142. The molecule has 31 heavy (non-hydrogen) atoms. The van der Waals surface area contributed by atoms with Crippen LogP contribution in [0, 0.1) is 6.92 Å². The summed E-state index contributed by atoms with van der Waals surface area (Å²) in [5.74, 6) is 0. The van der Waals surface area contributed by atoms with Gasteiger partial charge in [0.05, 0.1) is 30.0 Å². The van der Waals surface area contributed by atoms with Gasteiger partial charge in [0.15, 0.2) is 0 Å². The van der Waals surface area contributed by atoms with Gasteiger partial charge in [-0.2, -0.15) is 26.3 Å². The zero-order valence-corrected chi connectivity index (χ0v) is 16.1. The Labute approximate surface area is 173 Å². The van der Waals surface area contributed by atoms with Gasteiger partial charge in [-0.3, -0.25) is 4.98 Å². The summed E-state index contributed by atoms with van der Waals surface area (Å²) < 4.78 is 80.1. The van der Waals surface area contributed by atoms with E-state index < -0.39 is 30.1 Å². The Kier molecular flexibility index (Phi) is 6.11. The lowest BCUT2D eigenvalue weighted by Gasteiger charge is -2.20. The summed E-state index contributed by atoms with van der Waals surface area (Å²) in [6.45, 7) is 0.398. The van der Waals surface area contributed by atoms with E-state index in [-0.39, 0.29) is 34.9 Å². The molecule has 0 radical (unpaired) electrons. The predicted octanol–water partition coefficient (Wildman–Crippen LogP) is 5.75. The molecule has 0 spiro atoms. The largest absolute Gasteiger partial charge is 0.417 e. The molecule has 0 saturated heterocycles. The topological polar surface area (TPSA) is 53.4 Å². The van der Waals surface area contributed by atoms with Crippen molar-refractivity contribution in [2.75, 3.05) is 0 Å². The van der Waals surface area contributed by atoms with Crippen molar-refractivity contribution < 1.29 is 36.6 Å². The van der Waals surface area contributed by atoms with E-state index in [9.17, 15) is 36.6 Å². The third kappa shape index (κ3) is 4.72. The molecule has 2 N–H and O–H groups in total. The van der Waals surface area contributed by atoms with E-state index in [0.29, 0.717) is 22.9 Å². The first-order valence-corrected chi connectivity index (χ1v) is 9.05. The molecular formula is C22H17F6NO2. The molecule has 0 atom stereocenters. The maximum Gasteiger partial charge on any atom is 0.417 e. The van der Waals surface area contributed by atoms with Crippen LogP contribution in [0.3, 0.4) is 0 Å². The van der Waals surface area contributed by atoms with Gasteiger partial charge >= 0.3 is 12.4 Å². The van der Waals surface area contributed by atoms with Crippen LogP contribution < -0.4 is 0 Å². The number of rotatable bonds is 4. The van der Waals surface area contributed by atoms with Crippen LogP contribution in [0.1, 0.15) is 27.8 Å². The average Bonchev–Trinajstić information content (AvgIpc) is 2.71. The van der Waals surface area contributed by atoms with Crippen molar-refractivity contribution in [1.29, 1.82) is 0 Å². The van der Waals surface area contributed by atoms with E-state index in [1.165, 1.54) is 31.3 Å². The molecular weight excluding hydrogens is 424 g/mol. The Hall–Kier alpha value is -2.91. The van der Waals surface area contributed by atoms with Gasteiger partial charge < -0.3 is 10.2 Å². The highest BCUT2D eigenvalue weighted by atomic mass is 19.4. The van der Waals surface area contributed by atoms with Crippen molar-refractivity contribution in [3.8, 4) is 22.4 Å². The number of hydrogen-bond acceptors (Lipinski definition) is 3. The Morgan fingerprint density at radius 1 is 0.839 bits per heavy atom. The molecule has 3 nitrogen and oxygen atoms in total. The molecule has 0 aliphatic rings. The van der Waals surface area contributed by atoms with Gasteiger partial charge in [0.2, 0.25) is 0 Å². The molecule has 0 unspecified atom stereocenters. The van der Waals surface area contributed by atoms with Gasteiger partial charge in [-0.1, -0.05) is 12.1 Å². The number of hydrogen-bond donors (Lipinski definition) is 2. The van der Waals surface area contributed by atoms with Gasteiger partial charge in [0, 0.05) is 11.8 Å². The number of aliphatic hydroxyl groups excluding tert-OH is 2. The normalized spacial score (nSPS) is 12.3. The Morgan fingerprint density at radius 3 is 2.13 bits per heavy atom. The molecule has 1 heterocycles. The van der Waals surface area contributed by atoms with Crippen molar-refractivity contribution in [3.05, 3.63) is 76.5 Å². The molecule has 0 saturated carbocycles. The van der Waals surface area contributed by atoms with Crippen LogP contribution in [0.15, 0.2) is 48.7 Å². The number of aromatic nitrogens is 1. The minimum atomic E-state index is -5.02. The number of halogens is 6. The van der Waals surface area contributed by atoms with Crippen LogP contribution in [0.4, 0.5) is 26.3 Å². The summed E-state index contributed by atoms with van der Waals surface area (Å²) in [6, 6.07) is 8.00. The SMILES string of the molecule is Cc1cc(C(F)(F)F)cc(C(F)(F)F)c1-c1ccc(-c2cc(CO)ccn2)c(CO)c1. The molecule has 0 aliphatic carbocycles. The number of benzene rings is 2. The Balaban J connectivity index is 2.21. The fourth-order valence-corrected chi connectivity index (χ4v) is 3.41. The van der Waals surface area contributed by atoms with Crippen LogP contribution >= 0.6 is 0 Å². The van der Waals surface area contributed by atoms with Gasteiger partial charge in [0.1, 0.15) is 0 Å². The standard InChI is InChI=1S/C22H17F6NO2/c1-12-6-16(21(23,24)25)9-18(22(26,27)28)20(12)14-2-3-17(15(8-14)11-31)19-7-13(10-30)4-5-29-19/h2-9,30-31H,10-11H2,1H3. The van der Waals surface area contributed by atoms with Gasteiger partial charge in [-0.05, 0) is 65.1 Å². The van der Waals surface area contributed by atoms with Crippen molar-refractivity contribution in [2.24, 2.45) is 0 Å². The maximum atomic E-state index is 13.6. The zero-order valence-electron chi connectivity index (χ0n) is 16.1. The first-order chi connectivity index (χ1) is 14.5. The predicted molar refractivity (Wildman–Crippen MR) is 102 cm³/mol. The number of aliphatic hydroxyl groups is 2. The van der Waals surface area contributed by atoms with Crippen LogP contribution in [0.2, 0.25) is 0 Å². The van der Waals surface area contributed by atoms with Crippen molar-refractivity contribution >= 4 is 0 Å². The molecule has 3 rings (SSSR count). The van der Waals surface area contributed by atoms with Crippen molar-refractivity contribution in [3.63, 3.8) is 0 Å². The summed E-state index contributed by atoms with van der Waals surface area (Å²) in [5, 5.41) is 19.1. The first-order valence-electron chi connectivity index (χ1n) is 9.05. The van der Waals surface area contributed by atoms with E-state index in [1.807, 2.05) is 0 Å². The molecule has 0 bridgehead atoms. The Bertz CT molecular complexity index is 1110. The lowest BCUT2D eigenvalue weighted by atomic mass is 9.90. The summed E-state index contributed by atoms with van der Waals surface area (Å²) in [5.41, 5.74) is -1.74. The van der Waals surface area contributed by atoms with E-state index >= 15 is 0 Å². The monoisotopic (exact) mass is 441 g/mol. The second kappa shape index (κ2) is 8.32. The minimum Gasteiger partial charge on any atom is -0.392 e. The second-order valence-electron chi connectivity index (χ2n) is 6.95. The molecule has 9 heteroatoms. The fourth-order valence-electron chi connectivity index (χ4n) is 3.41. The van der Waals surface area contributed by atoms with Gasteiger partial charge in [-0.15, -0.1) is 0 Å². The van der Waals surface area contributed by atoms with E-state index in [4.69, 9.17) is 0 Å². The van der Waals surface area contributed by atoms with Crippen LogP contribution in [-0.2, 0) is 25.6 Å². The molecule has 164 valence electrons. The third-order valence-electron chi connectivity index (χ3n) is 4.82. The van der Waals surface area contributed by atoms with Crippen LogP contribution in [-0.4, -0.2) is 15.2 Å². The van der Waals surface area contributed by atoms with Crippen molar-refractivity contribution in [1.82, 2.24) is 4.98 Å². The number of nitrogens with zero attached hydrogens (tertiary/aromatic N) is 1. The summed E-state index contributed by atoms with van der Waals surface area (Å²) in [6.07, 6.45) is -8.50. The molecule has 1 aromatic heterocycles. The third-order valence-corrected chi connectivity index (χ3v) is 4.82. The van der Waals surface area contributed by atoms with Crippen molar-refractivity contribution in [2.45, 2.75) is 32.5 Å². The highest BCUT2D eigenvalue weighted by Crippen LogP contribution is 2.43. The smallest absolute Gasteiger partial charge is 0.392 e. The van der Waals surface area contributed by atoms with Gasteiger partial charge in [0.25, 0.3) is 0 Å². The maximum absolute atomic E-state index is 13.6. The number of aryl methyl sites for hydroxylation is 1. The summed E-state index contributed by atoms with van der Waals surface area (Å²) >= 11 is 0. The number of alkyl halides is 6. The highest BCUT2D eigenvalue weighted by Gasteiger charge is 2.39. The molecule has 3 aromatic rings. The average molecular weight is 441 g/mol. The summed E-state index contributed by atoms with van der Waals surface area (Å²) in [7, 11) is 0. The highest BCUT2D eigenvalue weighted by molar-refractivity contribution is 5.77. The van der Waals surface area contributed by atoms with E-state index in [0.717, 1.165) is 0 Å². The molecule has 0 aliphatic heterocycles. The number of pyridine rings is 1. The second-order valence-corrected chi connectivity index (χ2v) is 6.95. The molecule has 0 fully saturated rings. The summed E-state index contributed by atoms with van der Waals surface area (Å²) in [4.78, 5) is 4.15. The van der Waals surface area contributed by atoms with E-state index in [2.05, 4.69) is 4.98 Å². The fraction of sp³-hybridized carbons (Fsp3) is 0.227. The minimum absolute atomic E-state index is 0.0182. The van der Waals surface area contributed by atoms with E-state index in [1.54, 1.807) is 12.1 Å². The quantitative estimate of drug-likeness (QED) is 0.508. The van der Waals surface area contributed by atoms with Crippen LogP contribution in [0.25, 0.3) is 22.4 Å². The van der Waals surface area contributed by atoms with Crippen LogP contribution in [0.5, 0.6) is 0 Å². The lowest BCUT2D eigenvalue weighted by Crippen LogP contribution is -2.13.